The number of alkyl halides is 1. The molecular formula is C28H25ClF2O5. The maximum Gasteiger partial charge on any atom is 0.346 e. The van der Waals surface area contributed by atoms with Crippen molar-refractivity contribution >= 4 is 23.5 Å². The Balaban J connectivity index is 1.71. The summed E-state index contributed by atoms with van der Waals surface area (Å²) in [5.74, 6) is -4.23. The fourth-order valence-corrected chi connectivity index (χ4v) is 4.61. The summed E-state index contributed by atoms with van der Waals surface area (Å²) >= 11 is 5.99. The van der Waals surface area contributed by atoms with Crippen LogP contribution in [0.2, 0.25) is 5.02 Å². The predicted octanol–water partition coefficient (Wildman–Crippen LogP) is 6.73. The van der Waals surface area contributed by atoms with E-state index in [4.69, 9.17) is 21.1 Å². The van der Waals surface area contributed by atoms with E-state index >= 15 is 4.39 Å². The number of rotatable bonds is 10. The molecule has 0 aliphatic heterocycles. The Morgan fingerprint density at radius 3 is 2.33 bits per heavy atom. The van der Waals surface area contributed by atoms with Crippen LogP contribution >= 0.6 is 11.6 Å². The Kier molecular flexibility index (Phi) is 7.59. The normalized spacial score (nSPS) is 16.4. The van der Waals surface area contributed by atoms with Crippen LogP contribution in [0.3, 0.4) is 0 Å². The van der Waals surface area contributed by atoms with E-state index in [-0.39, 0.29) is 18.1 Å². The van der Waals surface area contributed by atoms with Gasteiger partial charge >= 0.3 is 11.9 Å². The first-order chi connectivity index (χ1) is 17.2. The van der Waals surface area contributed by atoms with Crippen molar-refractivity contribution in [3.63, 3.8) is 0 Å². The standard InChI is InChI=1S/C28H25ClF2O5/c1-17(32)35-25(16-18-7-14-23(30)24(15-18)36-22-5-3-2-4-6-22)28(31,27(33)34)26(19-8-9-19)20-10-12-21(29)13-11-20/h2-7,10-15,19,25-26H,8-9,16H2,1H3,(H,33,34)/t25-,26-,28+/m0/s1. The minimum atomic E-state index is -2.95. The first-order valence-electron chi connectivity index (χ1n) is 11.5. The summed E-state index contributed by atoms with van der Waals surface area (Å²) in [5, 5.41) is 10.6. The second kappa shape index (κ2) is 10.7. The van der Waals surface area contributed by atoms with Gasteiger partial charge in [0, 0.05) is 24.3 Å². The van der Waals surface area contributed by atoms with Crippen LogP contribution in [0.15, 0.2) is 72.8 Å². The Labute approximate surface area is 212 Å². The first-order valence-corrected chi connectivity index (χ1v) is 11.9. The van der Waals surface area contributed by atoms with E-state index in [2.05, 4.69) is 0 Å². The van der Waals surface area contributed by atoms with E-state index < -0.39 is 35.4 Å². The summed E-state index contributed by atoms with van der Waals surface area (Å²) in [6.45, 7) is 1.10. The second-order valence-electron chi connectivity index (χ2n) is 8.92. The van der Waals surface area contributed by atoms with Crippen LogP contribution in [-0.4, -0.2) is 28.8 Å². The number of ether oxygens (including phenoxy) is 2. The average Bonchev–Trinajstić information content (AvgIpc) is 3.67. The molecule has 3 aromatic carbocycles. The number of halogens is 3. The van der Waals surface area contributed by atoms with Gasteiger partial charge in [-0.15, -0.1) is 0 Å². The van der Waals surface area contributed by atoms with Gasteiger partial charge in [0.25, 0.3) is 5.67 Å². The quantitative estimate of drug-likeness (QED) is 0.304. The molecule has 0 radical (unpaired) electrons. The van der Waals surface area contributed by atoms with Gasteiger partial charge in [-0.3, -0.25) is 4.79 Å². The maximum absolute atomic E-state index is 16.9. The minimum Gasteiger partial charge on any atom is -0.479 e. The lowest BCUT2D eigenvalue weighted by atomic mass is 9.75. The summed E-state index contributed by atoms with van der Waals surface area (Å²) in [6.07, 6.45) is -0.691. The highest BCUT2D eigenvalue weighted by Gasteiger charge is 2.59. The molecule has 36 heavy (non-hydrogen) atoms. The van der Waals surface area contributed by atoms with Crippen molar-refractivity contribution in [1.29, 1.82) is 0 Å². The fraction of sp³-hybridized carbons (Fsp3) is 0.286. The molecule has 0 amide bonds. The molecule has 0 unspecified atom stereocenters. The Morgan fingerprint density at radius 1 is 1.08 bits per heavy atom. The zero-order valence-corrected chi connectivity index (χ0v) is 20.3. The highest BCUT2D eigenvalue weighted by Crippen LogP contribution is 2.52. The van der Waals surface area contributed by atoms with E-state index in [1.807, 2.05) is 0 Å². The first kappa shape index (κ1) is 25.6. The lowest BCUT2D eigenvalue weighted by Crippen LogP contribution is -2.53. The molecule has 3 aromatic rings. The van der Waals surface area contributed by atoms with Crippen molar-refractivity contribution in [2.24, 2.45) is 5.92 Å². The minimum absolute atomic E-state index is 0.114. The monoisotopic (exact) mass is 514 g/mol. The lowest BCUT2D eigenvalue weighted by Gasteiger charge is -2.36. The van der Waals surface area contributed by atoms with Crippen LogP contribution in [0.25, 0.3) is 0 Å². The smallest absolute Gasteiger partial charge is 0.346 e. The molecule has 8 heteroatoms. The van der Waals surface area contributed by atoms with Crippen molar-refractivity contribution in [2.75, 3.05) is 0 Å². The van der Waals surface area contributed by atoms with Crippen LogP contribution in [0.4, 0.5) is 8.78 Å². The molecule has 1 saturated carbocycles. The lowest BCUT2D eigenvalue weighted by molar-refractivity contribution is -0.174. The van der Waals surface area contributed by atoms with Crippen molar-refractivity contribution in [3.05, 3.63) is 94.8 Å². The van der Waals surface area contributed by atoms with Gasteiger partial charge in [-0.05, 0) is 66.3 Å². The number of hydrogen-bond acceptors (Lipinski definition) is 4. The summed E-state index contributed by atoms with van der Waals surface area (Å²) in [6, 6.07) is 18.8. The van der Waals surface area contributed by atoms with Gasteiger partial charge in [-0.25, -0.2) is 13.6 Å². The zero-order valence-electron chi connectivity index (χ0n) is 19.5. The maximum atomic E-state index is 16.9. The Bertz CT molecular complexity index is 1230. The van der Waals surface area contributed by atoms with Crippen molar-refractivity contribution in [3.8, 4) is 11.5 Å². The fourth-order valence-electron chi connectivity index (χ4n) is 4.49. The van der Waals surface area contributed by atoms with E-state index in [9.17, 15) is 19.1 Å². The number of benzene rings is 3. The number of aliphatic carboxylic acids is 1. The molecule has 1 N–H and O–H groups in total. The van der Waals surface area contributed by atoms with Crippen LogP contribution in [0.1, 0.15) is 36.8 Å². The molecule has 0 heterocycles. The summed E-state index contributed by atoms with van der Waals surface area (Å²) in [7, 11) is 0. The predicted molar refractivity (Wildman–Crippen MR) is 131 cm³/mol. The molecule has 188 valence electrons. The van der Waals surface area contributed by atoms with Gasteiger partial charge in [-0.1, -0.05) is 48.0 Å². The van der Waals surface area contributed by atoms with Crippen molar-refractivity contribution < 1.29 is 33.0 Å². The molecule has 0 bridgehead atoms. The van der Waals surface area contributed by atoms with Gasteiger partial charge in [0.1, 0.15) is 5.75 Å². The van der Waals surface area contributed by atoms with Gasteiger partial charge in [0.2, 0.25) is 0 Å². The molecule has 1 aliphatic rings. The van der Waals surface area contributed by atoms with Crippen molar-refractivity contribution in [1.82, 2.24) is 0 Å². The zero-order chi connectivity index (χ0) is 25.9. The number of para-hydroxylation sites is 1. The second-order valence-corrected chi connectivity index (χ2v) is 9.36. The number of carbonyl (C=O) groups excluding carboxylic acids is 1. The molecule has 1 aliphatic carbocycles. The average molecular weight is 515 g/mol. The van der Waals surface area contributed by atoms with Gasteiger partial charge in [0.05, 0.1) is 0 Å². The third kappa shape index (κ3) is 5.68. The summed E-state index contributed by atoms with van der Waals surface area (Å²) in [5.41, 5.74) is -2.14. The number of carboxylic acids is 1. The number of esters is 1. The molecule has 1 fully saturated rings. The van der Waals surface area contributed by atoms with E-state index in [1.54, 1.807) is 54.6 Å². The molecule has 5 nitrogen and oxygen atoms in total. The molecule has 0 aromatic heterocycles. The van der Waals surface area contributed by atoms with Crippen LogP contribution in [0.5, 0.6) is 11.5 Å². The molecule has 0 spiro atoms. The highest BCUT2D eigenvalue weighted by molar-refractivity contribution is 6.30. The SMILES string of the molecule is CC(=O)O[C@@H](Cc1ccc(F)c(Oc2ccccc2)c1)[C@](F)(C(=O)O)[C@H](c1ccc(Cl)cc1)C1CC1. The third-order valence-corrected chi connectivity index (χ3v) is 6.52. The van der Waals surface area contributed by atoms with Crippen molar-refractivity contribution in [2.45, 2.75) is 43.9 Å². The summed E-state index contributed by atoms with van der Waals surface area (Å²) in [4.78, 5) is 24.5. The van der Waals surface area contributed by atoms with Crippen LogP contribution in [-0.2, 0) is 20.7 Å². The van der Waals surface area contributed by atoms with Gasteiger partial charge in [0.15, 0.2) is 17.7 Å². The third-order valence-electron chi connectivity index (χ3n) is 6.27. The van der Waals surface area contributed by atoms with E-state index in [0.717, 1.165) is 13.0 Å². The van der Waals surface area contributed by atoms with E-state index in [0.29, 0.717) is 34.7 Å². The Morgan fingerprint density at radius 2 is 1.75 bits per heavy atom. The van der Waals surface area contributed by atoms with E-state index in [1.165, 1.54) is 12.1 Å². The molecule has 3 atom stereocenters. The van der Waals surface area contributed by atoms with Gasteiger partial charge < -0.3 is 14.6 Å². The highest BCUT2D eigenvalue weighted by atomic mass is 35.5. The summed E-state index contributed by atoms with van der Waals surface area (Å²) < 4.78 is 42.3. The number of hydrogen-bond donors (Lipinski definition) is 1. The molecule has 0 saturated heterocycles. The van der Waals surface area contributed by atoms with Crippen LogP contribution < -0.4 is 4.74 Å². The van der Waals surface area contributed by atoms with Crippen LogP contribution in [0, 0.1) is 11.7 Å². The largest absolute Gasteiger partial charge is 0.479 e. The molecule has 4 rings (SSSR count). The Hall–Kier alpha value is -3.45. The van der Waals surface area contributed by atoms with Gasteiger partial charge in [-0.2, -0.15) is 0 Å². The number of carbonyl (C=O) groups is 2. The number of carboxylic acid groups (broad SMARTS) is 1. The topological polar surface area (TPSA) is 72.8 Å². The molecular weight excluding hydrogens is 490 g/mol.